The Hall–Kier alpha value is -5.80. The summed E-state index contributed by atoms with van der Waals surface area (Å²) in [5, 5.41) is 0. The molecule has 0 aromatic heterocycles. The van der Waals surface area contributed by atoms with Crippen LogP contribution in [0.5, 0.6) is 0 Å². The topological polar surface area (TPSA) is 186 Å². The highest BCUT2D eigenvalue weighted by atomic mass is 16.6. The molecule has 0 spiro atoms. The van der Waals surface area contributed by atoms with Crippen LogP contribution in [0.3, 0.4) is 0 Å². The van der Waals surface area contributed by atoms with Crippen molar-refractivity contribution >= 4 is 47.7 Å². The molecule has 0 bridgehead atoms. The van der Waals surface area contributed by atoms with Gasteiger partial charge in [-0.15, -0.1) is 0 Å². The molecule has 378 valence electrons. The zero-order valence-corrected chi connectivity index (χ0v) is 43.1. The molecule has 0 aliphatic carbocycles. The fourth-order valence-electron chi connectivity index (χ4n) is 7.75. The predicted molar refractivity (Wildman–Crippen MR) is 257 cm³/mol. The molecule has 16 nitrogen and oxygen atoms in total. The molecule has 1 fully saturated rings. The summed E-state index contributed by atoms with van der Waals surface area (Å²) in [6.07, 6.45) is -5.55. The van der Waals surface area contributed by atoms with E-state index in [-0.39, 0.29) is 62.2 Å². The number of likely N-dealkylation sites (N-methyl/N-ethyl adjacent to an activating group) is 4. The van der Waals surface area contributed by atoms with Crippen molar-refractivity contribution in [3.8, 4) is 0 Å². The summed E-state index contributed by atoms with van der Waals surface area (Å²) < 4.78 is 23.3. The van der Waals surface area contributed by atoms with Crippen molar-refractivity contribution in [2.45, 2.75) is 157 Å². The third-order valence-corrected chi connectivity index (χ3v) is 11.5. The second kappa shape index (κ2) is 27.9. The molecule has 7 atom stereocenters. The highest BCUT2D eigenvalue weighted by Gasteiger charge is 2.42. The van der Waals surface area contributed by atoms with E-state index in [2.05, 4.69) is 0 Å². The molecule has 1 aliphatic heterocycles. The van der Waals surface area contributed by atoms with Crippen LogP contribution in [0, 0.1) is 23.7 Å². The van der Waals surface area contributed by atoms with Crippen LogP contribution in [0.25, 0.3) is 0 Å². The van der Waals surface area contributed by atoms with E-state index in [1.54, 1.807) is 60.7 Å². The van der Waals surface area contributed by atoms with Crippen LogP contribution in [-0.2, 0) is 65.4 Å². The molecule has 1 heterocycles. The summed E-state index contributed by atoms with van der Waals surface area (Å²) in [5.41, 5.74) is 1.27. The van der Waals surface area contributed by atoms with Crippen molar-refractivity contribution in [3.63, 3.8) is 0 Å². The second-order valence-electron chi connectivity index (χ2n) is 19.0. The highest BCUT2D eigenvalue weighted by molar-refractivity contribution is 5.95. The van der Waals surface area contributed by atoms with E-state index in [0.717, 1.165) is 19.6 Å². The highest BCUT2D eigenvalue weighted by Crippen LogP contribution is 2.24. The molecule has 16 heteroatoms. The zero-order valence-electron chi connectivity index (χ0n) is 43.1. The standard InChI is InChI=1S/C50H72N4O12.C2H6/c1-30(2)24-37-46(58)63-34(9)43(55)51(10)38(25-31(3)4)47(59)64-41(28-35-20-16-14-17-21-35)45(57)53(12)39(26-32(5)6)49(61)66-50(62)54(13)40(27-33(7)8)48(60)65-42(44(56)52(37)11)29-36-22-18-15-19-23-36;1-2/h14-23,30-34,37-42H,24-29H2,1-13H3;1-2H3. The first-order chi connectivity index (χ1) is 31.9. The second-order valence-corrected chi connectivity index (χ2v) is 19.0. The number of esters is 4. The number of amides is 4. The Bertz CT molecular complexity index is 1970. The number of rotatable bonds is 12. The molecule has 0 N–H and O–H groups in total. The first-order valence-electron chi connectivity index (χ1n) is 23.9. The zero-order chi connectivity index (χ0) is 51.6. The molecule has 68 heavy (non-hydrogen) atoms. The van der Waals surface area contributed by atoms with Gasteiger partial charge in [-0.05, 0) is 67.4 Å². The largest absolute Gasteiger partial charge is 0.451 e. The van der Waals surface area contributed by atoms with Crippen molar-refractivity contribution < 1.29 is 57.3 Å². The van der Waals surface area contributed by atoms with E-state index in [9.17, 15) is 38.4 Å². The molecular weight excluding hydrogens is 873 g/mol. The van der Waals surface area contributed by atoms with Gasteiger partial charge in [-0.2, -0.15) is 0 Å². The lowest BCUT2D eigenvalue weighted by Crippen LogP contribution is -2.53. The lowest BCUT2D eigenvalue weighted by atomic mass is 10.0. The SMILES string of the molecule is CC.CC(C)CC1C(=O)OC(Cc2ccccc2)C(=O)N(C)C(CC(C)C)C(=O)OC(C)C(=O)N(C)C(CC(C)C)C(=O)OC(Cc2ccccc2)C(=O)N(C)C(CC(C)C)C(=O)OC(=O)N1C. The van der Waals surface area contributed by atoms with Gasteiger partial charge in [0.1, 0.15) is 24.2 Å². The number of carbonyl (C=O) groups excluding carboxylic acids is 8. The van der Waals surface area contributed by atoms with E-state index < -0.39 is 90.2 Å². The van der Waals surface area contributed by atoms with Gasteiger partial charge in [-0.1, -0.05) is 130 Å². The molecular formula is C52H78N4O12. The molecule has 1 aliphatic rings. The summed E-state index contributed by atoms with van der Waals surface area (Å²) in [7, 11) is 5.38. The number of ether oxygens (including phenoxy) is 4. The Balaban J connectivity index is 0.00000782. The fourth-order valence-corrected chi connectivity index (χ4v) is 7.75. The third-order valence-electron chi connectivity index (χ3n) is 11.5. The average Bonchev–Trinajstić information content (AvgIpc) is 3.29. The van der Waals surface area contributed by atoms with Crippen LogP contribution in [0.4, 0.5) is 4.79 Å². The summed E-state index contributed by atoms with van der Waals surface area (Å²) in [4.78, 5) is 118. The van der Waals surface area contributed by atoms with Crippen LogP contribution in [0.15, 0.2) is 60.7 Å². The van der Waals surface area contributed by atoms with Gasteiger partial charge in [0.15, 0.2) is 18.3 Å². The molecule has 4 amide bonds. The maximum absolute atomic E-state index is 14.6. The Morgan fingerprint density at radius 2 is 0.721 bits per heavy atom. The minimum atomic E-state index is -1.50. The first-order valence-corrected chi connectivity index (χ1v) is 23.9. The van der Waals surface area contributed by atoms with Gasteiger partial charge in [0.25, 0.3) is 17.7 Å². The summed E-state index contributed by atoms with van der Waals surface area (Å²) in [5.74, 6) is -6.84. The number of nitrogens with zero attached hydrogens (tertiary/aromatic N) is 4. The number of carbonyl (C=O) groups is 8. The maximum Gasteiger partial charge on any atom is 0.418 e. The Kier molecular flexibility index (Phi) is 23.9. The van der Waals surface area contributed by atoms with E-state index >= 15 is 0 Å². The molecule has 0 saturated carbocycles. The summed E-state index contributed by atoms with van der Waals surface area (Å²) in [6.45, 7) is 20.0. The molecule has 1 saturated heterocycles. The normalized spacial score (nSPS) is 23.7. The van der Waals surface area contributed by atoms with Crippen LogP contribution in [-0.4, -0.2) is 138 Å². The number of hydrogen-bond acceptors (Lipinski definition) is 12. The lowest BCUT2D eigenvalue weighted by Gasteiger charge is -2.34. The molecule has 7 unspecified atom stereocenters. The Morgan fingerprint density at radius 3 is 1.06 bits per heavy atom. The molecule has 3 rings (SSSR count). The molecule has 2 aromatic carbocycles. The van der Waals surface area contributed by atoms with Crippen LogP contribution >= 0.6 is 0 Å². The van der Waals surface area contributed by atoms with Crippen molar-refractivity contribution in [1.82, 2.24) is 19.6 Å². The van der Waals surface area contributed by atoms with E-state index in [1.165, 1.54) is 35.1 Å². The minimum absolute atomic E-state index is 0.0416. The fraction of sp³-hybridized carbons (Fsp3) is 0.615. The van der Waals surface area contributed by atoms with Crippen LogP contribution in [0.2, 0.25) is 0 Å². The first kappa shape index (κ1) is 58.3. The van der Waals surface area contributed by atoms with E-state index in [0.29, 0.717) is 11.1 Å². The minimum Gasteiger partial charge on any atom is -0.451 e. The number of cyclic esters (lactones) is 5. The predicted octanol–water partition coefficient (Wildman–Crippen LogP) is 6.90. The van der Waals surface area contributed by atoms with Crippen LogP contribution in [0.1, 0.15) is 113 Å². The average molecular weight is 951 g/mol. The molecule has 0 radical (unpaired) electrons. The van der Waals surface area contributed by atoms with Gasteiger partial charge in [0.2, 0.25) is 0 Å². The lowest BCUT2D eigenvalue weighted by molar-refractivity contribution is -0.173. The van der Waals surface area contributed by atoms with Gasteiger partial charge in [0.05, 0.1) is 0 Å². The summed E-state index contributed by atoms with van der Waals surface area (Å²) in [6, 6.07) is 12.4. The van der Waals surface area contributed by atoms with E-state index in [1.807, 2.05) is 69.2 Å². The van der Waals surface area contributed by atoms with Gasteiger partial charge in [-0.25, -0.2) is 24.0 Å². The quantitative estimate of drug-likeness (QED) is 0.122. The van der Waals surface area contributed by atoms with Gasteiger partial charge in [-0.3, -0.25) is 19.3 Å². The number of hydrogen-bond donors (Lipinski definition) is 0. The monoisotopic (exact) mass is 951 g/mol. The number of benzene rings is 2. The van der Waals surface area contributed by atoms with Crippen LogP contribution < -0.4 is 0 Å². The Labute approximate surface area is 404 Å². The van der Waals surface area contributed by atoms with Gasteiger partial charge >= 0.3 is 30.0 Å². The Morgan fingerprint density at radius 1 is 0.426 bits per heavy atom. The van der Waals surface area contributed by atoms with Crippen molar-refractivity contribution in [2.75, 3.05) is 28.2 Å². The van der Waals surface area contributed by atoms with E-state index in [4.69, 9.17) is 18.9 Å². The smallest absolute Gasteiger partial charge is 0.418 e. The van der Waals surface area contributed by atoms with Crippen molar-refractivity contribution in [3.05, 3.63) is 71.8 Å². The van der Waals surface area contributed by atoms with Crippen molar-refractivity contribution in [2.24, 2.45) is 23.7 Å². The van der Waals surface area contributed by atoms with Crippen molar-refractivity contribution in [1.29, 1.82) is 0 Å². The maximum atomic E-state index is 14.6. The van der Waals surface area contributed by atoms with Gasteiger partial charge < -0.3 is 33.6 Å². The van der Waals surface area contributed by atoms with Gasteiger partial charge in [0, 0.05) is 41.0 Å². The third kappa shape index (κ3) is 17.4. The molecule has 2 aromatic rings. The summed E-state index contributed by atoms with van der Waals surface area (Å²) >= 11 is 0.